The van der Waals surface area contributed by atoms with Gasteiger partial charge in [-0.25, -0.2) is 0 Å². The number of nitrogens with zero attached hydrogens (tertiary/aromatic N) is 2. The maximum absolute atomic E-state index is 8.80. The summed E-state index contributed by atoms with van der Waals surface area (Å²) in [6.07, 6.45) is 9.29. The Morgan fingerprint density at radius 2 is 2.35 bits per heavy atom. The molecule has 4 heteroatoms. The van der Waals surface area contributed by atoms with Crippen LogP contribution in [0.4, 0.5) is 0 Å². The average Bonchev–Trinajstić information content (AvgIpc) is 2.92. The van der Waals surface area contributed by atoms with Crippen molar-refractivity contribution in [2.75, 3.05) is 13.2 Å². The largest absolute Gasteiger partial charge is 0.394 e. The van der Waals surface area contributed by atoms with E-state index in [0.717, 1.165) is 13.1 Å². The zero-order chi connectivity index (χ0) is 12.1. The van der Waals surface area contributed by atoms with Crippen molar-refractivity contribution in [3.63, 3.8) is 0 Å². The van der Waals surface area contributed by atoms with E-state index >= 15 is 0 Å². The Kier molecular flexibility index (Phi) is 4.18. The molecule has 2 rings (SSSR count). The van der Waals surface area contributed by atoms with Crippen molar-refractivity contribution in [2.24, 2.45) is 5.41 Å². The zero-order valence-electron chi connectivity index (χ0n) is 10.7. The highest BCUT2D eigenvalue weighted by molar-refractivity contribution is 5.04. The molecule has 0 saturated heterocycles. The van der Waals surface area contributed by atoms with Crippen molar-refractivity contribution in [3.05, 3.63) is 18.0 Å². The molecule has 0 aromatic carbocycles. The molecule has 0 unspecified atom stereocenters. The van der Waals surface area contributed by atoms with E-state index in [9.17, 15) is 0 Å². The third-order valence-corrected chi connectivity index (χ3v) is 3.58. The second-order valence-electron chi connectivity index (χ2n) is 5.19. The maximum Gasteiger partial charge on any atom is 0.0640 e. The maximum atomic E-state index is 8.80. The van der Waals surface area contributed by atoms with Gasteiger partial charge in [0.1, 0.15) is 0 Å². The fraction of sp³-hybridized carbons (Fsp3) is 0.769. The molecule has 1 aliphatic rings. The molecule has 1 fully saturated rings. The van der Waals surface area contributed by atoms with Crippen LogP contribution in [0.15, 0.2) is 12.4 Å². The van der Waals surface area contributed by atoms with Crippen molar-refractivity contribution in [1.29, 1.82) is 0 Å². The highest BCUT2D eigenvalue weighted by atomic mass is 16.3. The van der Waals surface area contributed by atoms with Gasteiger partial charge in [0.15, 0.2) is 0 Å². The van der Waals surface area contributed by atoms with E-state index in [1.807, 2.05) is 12.4 Å². The van der Waals surface area contributed by atoms with E-state index in [0.29, 0.717) is 12.0 Å². The molecule has 1 saturated carbocycles. The second kappa shape index (κ2) is 5.65. The van der Waals surface area contributed by atoms with Gasteiger partial charge in [-0.15, -0.1) is 0 Å². The van der Waals surface area contributed by atoms with Gasteiger partial charge < -0.3 is 10.4 Å². The highest BCUT2D eigenvalue weighted by Crippen LogP contribution is 2.48. The van der Waals surface area contributed by atoms with Gasteiger partial charge in [-0.05, 0) is 24.7 Å². The summed E-state index contributed by atoms with van der Waals surface area (Å²) in [7, 11) is 0. The number of aliphatic hydroxyl groups excluding tert-OH is 1. The monoisotopic (exact) mass is 237 g/mol. The molecule has 0 radical (unpaired) electrons. The molecule has 1 heterocycles. The van der Waals surface area contributed by atoms with E-state index in [1.165, 1.54) is 31.2 Å². The Morgan fingerprint density at radius 3 is 3.00 bits per heavy atom. The van der Waals surface area contributed by atoms with Crippen molar-refractivity contribution in [1.82, 2.24) is 15.1 Å². The molecule has 96 valence electrons. The van der Waals surface area contributed by atoms with Crippen LogP contribution in [0.25, 0.3) is 0 Å². The molecule has 0 amide bonds. The minimum absolute atomic E-state index is 0.147. The number of hydrogen-bond donors (Lipinski definition) is 2. The smallest absolute Gasteiger partial charge is 0.0640 e. The van der Waals surface area contributed by atoms with Crippen LogP contribution < -0.4 is 5.32 Å². The summed E-state index contributed by atoms with van der Waals surface area (Å²) in [5.74, 6) is 0. The number of rotatable bonds is 8. The lowest BCUT2D eigenvalue weighted by molar-refractivity contribution is 0.269. The Bertz CT molecular complexity index is 344. The Balaban J connectivity index is 1.70. The molecule has 0 spiro atoms. The molecular formula is C13H23N3O. The molecule has 0 atom stereocenters. The lowest BCUT2D eigenvalue weighted by Gasteiger charge is -2.14. The van der Waals surface area contributed by atoms with E-state index in [4.69, 9.17) is 5.11 Å². The first kappa shape index (κ1) is 12.6. The normalized spacial score (nSPS) is 17.3. The van der Waals surface area contributed by atoms with Gasteiger partial charge in [0.25, 0.3) is 0 Å². The summed E-state index contributed by atoms with van der Waals surface area (Å²) >= 11 is 0. The minimum Gasteiger partial charge on any atom is -0.394 e. The first-order chi connectivity index (χ1) is 8.28. The topological polar surface area (TPSA) is 50.1 Å². The lowest BCUT2D eigenvalue weighted by Crippen LogP contribution is -2.23. The van der Waals surface area contributed by atoms with Crippen LogP contribution in [0.2, 0.25) is 0 Å². The van der Waals surface area contributed by atoms with Crippen LogP contribution in [0.3, 0.4) is 0 Å². The quantitative estimate of drug-likeness (QED) is 0.721. The summed E-state index contributed by atoms with van der Waals surface area (Å²) < 4.78 is 1.79. The molecule has 1 aromatic heterocycles. The number of hydrogen-bond acceptors (Lipinski definition) is 3. The molecule has 4 nitrogen and oxygen atoms in total. The minimum atomic E-state index is 0.147. The predicted molar refractivity (Wildman–Crippen MR) is 67.6 cm³/mol. The first-order valence-corrected chi connectivity index (χ1v) is 6.61. The standard InChI is InChI=1S/C13H23N3O/c1-2-3-13(4-5-13)11-14-8-12-9-15-16(10-12)6-7-17/h9-10,14,17H,2-8,11H2,1H3. The Morgan fingerprint density at radius 1 is 1.53 bits per heavy atom. The van der Waals surface area contributed by atoms with Gasteiger partial charge in [0, 0.05) is 24.8 Å². The average molecular weight is 237 g/mol. The van der Waals surface area contributed by atoms with Crippen LogP contribution in [-0.4, -0.2) is 28.0 Å². The summed E-state index contributed by atoms with van der Waals surface area (Å²) in [6.45, 7) is 5.01. The molecule has 0 bridgehead atoms. The zero-order valence-corrected chi connectivity index (χ0v) is 10.7. The number of aromatic nitrogens is 2. The van der Waals surface area contributed by atoms with Crippen molar-refractivity contribution < 1.29 is 5.11 Å². The Hall–Kier alpha value is -0.870. The van der Waals surface area contributed by atoms with Crippen molar-refractivity contribution >= 4 is 0 Å². The molecular weight excluding hydrogens is 214 g/mol. The third-order valence-electron chi connectivity index (χ3n) is 3.58. The third kappa shape index (κ3) is 3.54. The van der Waals surface area contributed by atoms with Crippen LogP contribution in [0.1, 0.15) is 38.2 Å². The highest BCUT2D eigenvalue weighted by Gasteiger charge is 2.40. The van der Waals surface area contributed by atoms with E-state index in [1.54, 1.807) is 4.68 Å². The van der Waals surface area contributed by atoms with E-state index < -0.39 is 0 Å². The van der Waals surface area contributed by atoms with Crippen molar-refractivity contribution in [2.45, 2.75) is 45.7 Å². The summed E-state index contributed by atoms with van der Waals surface area (Å²) in [5.41, 5.74) is 1.81. The lowest BCUT2D eigenvalue weighted by atomic mass is 10.0. The molecule has 17 heavy (non-hydrogen) atoms. The predicted octanol–water partition coefficient (Wildman–Crippen LogP) is 1.55. The van der Waals surface area contributed by atoms with Gasteiger partial charge in [-0.3, -0.25) is 4.68 Å². The van der Waals surface area contributed by atoms with Gasteiger partial charge >= 0.3 is 0 Å². The van der Waals surface area contributed by atoms with E-state index in [-0.39, 0.29) is 6.61 Å². The van der Waals surface area contributed by atoms with Crippen LogP contribution in [-0.2, 0) is 13.1 Å². The molecule has 0 aliphatic heterocycles. The second-order valence-corrected chi connectivity index (χ2v) is 5.19. The first-order valence-electron chi connectivity index (χ1n) is 6.61. The van der Waals surface area contributed by atoms with E-state index in [2.05, 4.69) is 17.3 Å². The van der Waals surface area contributed by atoms with Gasteiger partial charge in [-0.2, -0.15) is 5.10 Å². The van der Waals surface area contributed by atoms with Gasteiger partial charge in [0.05, 0.1) is 19.3 Å². The number of nitrogens with one attached hydrogen (secondary N) is 1. The van der Waals surface area contributed by atoms with Crippen LogP contribution in [0, 0.1) is 5.41 Å². The van der Waals surface area contributed by atoms with Crippen molar-refractivity contribution in [3.8, 4) is 0 Å². The molecule has 1 aromatic rings. The molecule has 1 aliphatic carbocycles. The van der Waals surface area contributed by atoms with Gasteiger partial charge in [-0.1, -0.05) is 13.3 Å². The summed E-state index contributed by atoms with van der Waals surface area (Å²) in [4.78, 5) is 0. The van der Waals surface area contributed by atoms with Crippen LogP contribution in [0.5, 0.6) is 0 Å². The van der Waals surface area contributed by atoms with Gasteiger partial charge in [0.2, 0.25) is 0 Å². The SMILES string of the molecule is CCCC1(CNCc2cnn(CCO)c2)CC1. The summed E-state index contributed by atoms with van der Waals surface area (Å²) in [5, 5.41) is 16.5. The van der Waals surface area contributed by atoms with Crippen LogP contribution >= 0.6 is 0 Å². The fourth-order valence-electron chi connectivity index (χ4n) is 2.42. The fourth-order valence-corrected chi connectivity index (χ4v) is 2.42. The molecule has 2 N–H and O–H groups in total. The number of aliphatic hydroxyl groups is 1. The Labute approximate surface area is 103 Å². The summed E-state index contributed by atoms with van der Waals surface area (Å²) in [6, 6.07) is 0.